The number of rotatable bonds is 16. The van der Waals surface area contributed by atoms with E-state index in [0.29, 0.717) is 0 Å². The number of phosphoric acid groups is 1. The van der Waals surface area contributed by atoms with Crippen molar-refractivity contribution in [2.45, 2.75) is 43.8 Å². The summed E-state index contributed by atoms with van der Waals surface area (Å²) in [5, 5.41) is 4.14. The van der Waals surface area contributed by atoms with Gasteiger partial charge in [0.05, 0.1) is 21.9 Å². The molecule has 2 aromatic carbocycles. The molecule has 0 aliphatic rings. The number of carbonyl (C=O) groups excluding carboxylic acids is 2. The first-order chi connectivity index (χ1) is 20.7. The second-order valence-electron chi connectivity index (χ2n) is 9.32. The fourth-order valence-electron chi connectivity index (χ4n) is 3.73. The van der Waals surface area contributed by atoms with Crippen molar-refractivity contribution in [2.24, 2.45) is 0 Å². The van der Waals surface area contributed by atoms with E-state index >= 15 is 0 Å². The summed E-state index contributed by atoms with van der Waals surface area (Å²) in [7, 11) is -13.2. The molecular formula is C24H26Cl4F2KN2O10PS2. The number of hydrogen-bond acceptors (Lipinski definition) is 10. The van der Waals surface area contributed by atoms with Crippen LogP contribution in [0.3, 0.4) is 0 Å². The van der Waals surface area contributed by atoms with Crippen LogP contribution in [0.25, 0.3) is 0 Å². The zero-order valence-corrected chi connectivity index (χ0v) is 32.8. The molecule has 5 atom stereocenters. The van der Waals surface area contributed by atoms with Gasteiger partial charge >= 0.3 is 51.4 Å². The van der Waals surface area contributed by atoms with E-state index in [2.05, 4.69) is 10.6 Å². The van der Waals surface area contributed by atoms with Crippen molar-refractivity contribution in [1.29, 1.82) is 0 Å². The molecule has 2 N–H and O–H groups in total. The van der Waals surface area contributed by atoms with E-state index in [4.69, 9.17) is 55.5 Å². The number of carbonyl (C=O) groups is 2. The smallest absolute Gasteiger partial charge is 0.756 e. The third kappa shape index (κ3) is 13.4. The van der Waals surface area contributed by atoms with Crippen molar-refractivity contribution in [1.82, 2.24) is 10.6 Å². The van der Waals surface area contributed by atoms with Crippen LogP contribution < -0.4 is 66.9 Å². The van der Waals surface area contributed by atoms with Gasteiger partial charge in [-0.15, -0.1) is 0 Å². The van der Waals surface area contributed by atoms with Crippen LogP contribution in [0.4, 0.5) is 8.78 Å². The Morgan fingerprint density at radius 1 is 0.739 bits per heavy atom. The number of alkyl halides is 6. The molecule has 0 fully saturated rings. The Balaban J connectivity index is 0.0000106. The van der Waals surface area contributed by atoms with Gasteiger partial charge in [-0.25, -0.2) is 25.6 Å². The van der Waals surface area contributed by atoms with Gasteiger partial charge in [0.1, 0.15) is 25.6 Å². The summed E-state index contributed by atoms with van der Waals surface area (Å²) in [6, 6.07) is 5.00. The van der Waals surface area contributed by atoms with E-state index in [1.54, 1.807) is 0 Å². The molecule has 12 nitrogen and oxygen atoms in total. The van der Waals surface area contributed by atoms with Gasteiger partial charge in [0.2, 0.25) is 0 Å². The molecule has 46 heavy (non-hydrogen) atoms. The normalized spacial score (nSPS) is 16.1. The van der Waals surface area contributed by atoms with Gasteiger partial charge in [0.25, 0.3) is 19.6 Å². The predicted octanol–water partition coefficient (Wildman–Crippen LogP) is 0.298. The summed E-state index contributed by atoms with van der Waals surface area (Å²) in [6.07, 6.45) is -2.07. The molecule has 0 radical (unpaired) electrons. The van der Waals surface area contributed by atoms with Crippen molar-refractivity contribution in [3.63, 3.8) is 0 Å². The number of hydrogen-bond donors (Lipinski definition) is 2. The molecule has 2 amide bonds. The summed E-state index contributed by atoms with van der Waals surface area (Å²) >= 11 is 22.1. The van der Waals surface area contributed by atoms with Crippen molar-refractivity contribution < 1.29 is 105 Å². The van der Waals surface area contributed by atoms with Crippen molar-refractivity contribution in [3.8, 4) is 0 Å². The minimum Gasteiger partial charge on any atom is -0.756 e. The molecule has 0 bridgehead atoms. The molecule has 1 unspecified atom stereocenters. The number of amides is 2. The van der Waals surface area contributed by atoms with Crippen LogP contribution in [0, 0.1) is 0 Å². The fraction of sp³-hybridized carbons (Fsp3) is 0.417. The number of benzene rings is 2. The van der Waals surface area contributed by atoms with Gasteiger partial charge in [-0.2, -0.15) is 0 Å². The summed E-state index contributed by atoms with van der Waals surface area (Å²) < 4.78 is 99.7. The van der Waals surface area contributed by atoms with Crippen molar-refractivity contribution >= 4 is 85.7 Å². The van der Waals surface area contributed by atoms with E-state index in [0.717, 1.165) is 61.0 Å². The summed E-state index contributed by atoms with van der Waals surface area (Å²) in [4.78, 5) is 33.8. The van der Waals surface area contributed by atoms with E-state index in [1.165, 1.54) is 0 Å². The Morgan fingerprint density at radius 3 is 1.24 bits per heavy atom. The van der Waals surface area contributed by atoms with Crippen LogP contribution >= 0.6 is 54.2 Å². The molecule has 22 heteroatoms. The van der Waals surface area contributed by atoms with Gasteiger partial charge < -0.3 is 24.6 Å². The number of halogens is 6. The fourth-order valence-corrected chi connectivity index (χ4v) is 6.38. The monoisotopic (exact) mass is 814 g/mol. The van der Waals surface area contributed by atoms with Crippen LogP contribution in [0.5, 0.6) is 0 Å². The van der Waals surface area contributed by atoms with Crippen LogP contribution in [0.15, 0.2) is 58.3 Å². The van der Waals surface area contributed by atoms with Crippen LogP contribution in [0.2, 0.25) is 0 Å². The minimum absolute atomic E-state index is 0. The average Bonchev–Trinajstić information content (AvgIpc) is 2.95. The summed E-state index contributed by atoms with van der Waals surface area (Å²) in [5.41, 5.74) is -0.329. The van der Waals surface area contributed by atoms with E-state index in [9.17, 15) is 44.7 Å². The zero-order valence-electron chi connectivity index (χ0n) is 24.1. The summed E-state index contributed by atoms with van der Waals surface area (Å²) in [6.45, 7) is -2.92. The maximum atomic E-state index is 14.2. The first-order valence-corrected chi connectivity index (χ1v) is 19.3. The minimum atomic E-state index is -5.75. The zero-order chi connectivity index (χ0) is 34.3. The molecular weight excluding hydrogens is 790 g/mol. The summed E-state index contributed by atoms with van der Waals surface area (Å²) in [5.74, 6) is -2.27. The van der Waals surface area contributed by atoms with Crippen LogP contribution in [0.1, 0.15) is 23.3 Å². The largest absolute Gasteiger partial charge is 1.00 e. The quantitative estimate of drug-likeness (QED) is 0.136. The Bertz CT molecular complexity index is 1490. The average molecular weight is 816 g/mol. The molecule has 0 heterocycles. The maximum absolute atomic E-state index is 14.2. The van der Waals surface area contributed by atoms with Gasteiger partial charge in [0.15, 0.2) is 29.3 Å². The molecule has 0 aromatic heterocycles. The van der Waals surface area contributed by atoms with Crippen LogP contribution in [-0.2, 0) is 42.9 Å². The Morgan fingerprint density at radius 2 is 1.02 bits per heavy atom. The van der Waals surface area contributed by atoms with Gasteiger partial charge in [-0.3, -0.25) is 14.2 Å². The van der Waals surface area contributed by atoms with Crippen molar-refractivity contribution in [2.75, 3.05) is 25.9 Å². The molecule has 0 saturated heterocycles. The topological polar surface area (TPSA) is 185 Å². The first kappa shape index (κ1) is 44.1. The SMILES string of the molecule is CS(=O)(=O)c1ccc([C@@H](OP(=O)([O-])O[C@@H](c2ccc(S(C)(=O)=O)cc2)[C@H](CF)NC(=O)C(Cl)Cl)[C@@H](CF)NC(=O)C(Cl)Cl)cc1.[K+]. The van der Waals surface area contributed by atoms with Crippen LogP contribution in [-0.4, -0.2) is 76.3 Å². The third-order valence-corrected chi connectivity index (χ3v) is 9.89. The number of sulfone groups is 2. The Labute approximate surface area is 327 Å². The second kappa shape index (κ2) is 18.9. The standard InChI is InChI=1S/C24H27Cl4F2N2O10PS2.K/c1-44(37,38)15-7-3-13(4-8-15)19(17(11-29)31-23(33)21(25)26)41-43(35,36)42-20(18(12-30)32-24(34)22(27)28)14-5-9-16(10-6-14)45(2,39)40;/h3-10,17-22H,11-12H2,1-2H3,(H,31,33)(H,32,34)(H,35,36);/q;+1/p-1/t17-,18+,19-,20+;. The molecule has 0 aliphatic heterocycles. The maximum Gasteiger partial charge on any atom is 1.00 e. The van der Waals surface area contributed by atoms with Gasteiger partial charge in [0, 0.05) is 12.5 Å². The van der Waals surface area contributed by atoms with Crippen molar-refractivity contribution in [3.05, 3.63) is 59.7 Å². The molecule has 2 rings (SSSR count). The molecule has 0 saturated carbocycles. The predicted molar refractivity (Wildman–Crippen MR) is 161 cm³/mol. The Kier molecular flexibility index (Phi) is 18.1. The molecule has 2 aromatic rings. The molecule has 252 valence electrons. The van der Waals surface area contributed by atoms with Gasteiger partial charge in [-0.1, -0.05) is 70.7 Å². The molecule has 0 aliphatic carbocycles. The van der Waals surface area contributed by atoms with E-state index < -0.39 is 86.6 Å². The first-order valence-electron chi connectivity index (χ1n) is 12.3. The van der Waals surface area contributed by atoms with E-state index in [1.807, 2.05) is 0 Å². The second-order valence-corrected chi connectivity index (χ2v) is 16.9. The van der Waals surface area contributed by atoms with E-state index in [-0.39, 0.29) is 72.3 Å². The number of nitrogens with one attached hydrogen (secondary N) is 2. The molecule has 0 spiro atoms. The van der Waals surface area contributed by atoms with Gasteiger partial charge in [-0.05, 0) is 35.4 Å². The number of phosphoric ester groups is 1. The Hall–Kier alpha value is 0.0464. The third-order valence-electron chi connectivity index (χ3n) is 5.87.